The first kappa shape index (κ1) is 16.5. The zero-order valence-electron chi connectivity index (χ0n) is 13.3. The van der Waals surface area contributed by atoms with Crippen molar-refractivity contribution in [3.63, 3.8) is 0 Å². The fourth-order valence-corrected chi connectivity index (χ4v) is 2.79. The second kappa shape index (κ2) is 7.48. The van der Waals surface area contributed by atoms with Crippen LogP contribution in [-0.4, -0.2) is 43.7 Å². The van der Waals surface area contributed by atoms with E-state index in [-0.39, 0.29) is 30.6 Å². The van der Waals surface area contributed by atoms with Gasteiger partial charge in [0.25, 0.3) is 11.7 Å². The van der Waals surface area contributed by atoms with E-state index in [1.165, 1.54) is 4.52 Å². The summed E-state index contributed by atoms with van der Waals surface area (Å²) in [6.07, 6.45) is 8.38. The minimum atomic E-state index is -0.532. The van der Waals surface area contributed by atoms with Crippen LogP contribution < -0.4 is 5.32 Å². The maximum Gasteiger partial charge on any atom is 0.291 e. The molecule has 0 aromatic carbocycles. The Morgan fingerprint density at radius 1 is 1.33 bits per heavy atom. The van der Waals surface area contributed by atoms with E-state index in [4.69, 9.17) is 5.11 Å². The molecular weight excluding hydrogens is 313 g/mol. The molecule has 0 bridgehead atoms. The summed E-state index contributed by atoms with van der Waals surface area (Å²) < 4.78 is 15.5. The number of nitrogens with one attached hydrogen (secondary N) is 1. The number of hydrogen-bond donors (Lipinski definition) is 2. The van der Waals surface area contributed by atoms with Crippen molar-refractivity contribution in [3.8, 4) is 0 Å². The number of aliphatic hydroxyl groups is 1. The van der Waals surface area contributed by atoms with Crippen LogP contribution in [0.5, 0.6) is 0 Å². The zero-order chi connectivity index (χ0) is 16.9. The SMILES string of the molecule is O=C(NCC(F)=C1CCCCC1)c1nc2ncc(CCO)cn2n1. The van der Waals surface area contributed by atoms with Gasteiger partial charge in [0.1, 0.15) is 5.83 Å². The van der Waals surface area contributed by atoms with Crippen LogP contribution in [0.25, 0.3) is 5.78 Å². The number of amides is 1. The lowest BCUT2D eigenvalue weighted by Gasteiger charge is -2.14. The van der Waals surface area contributed by atoms with Crippen LogP contribution in [0.1, 0.15) is 48.3 Å². The molecular formula is C16H20FN5O2. The number of carbonyl (C=O) groups excluding carboxylic acids is 1. The number of aliphatic hydroxyl groups excluding tert-OH is 1. The van der Waals surface area contributed by atoms with Crippen molar-refractivity contribution in [3.05, 3.63) is 35.2 Å². The van der Waals surface area contributed by atoms with Crippen molar-refractivity contribution in [1.29, 1.82) is 0 Å². The quantitative estimate of drug-likeness (QED) is 0.866. The van der Waals surface area contributed by atoms with Crippen molar-refractivity contribution in [1.82, 2.24) is 24.9 Å². The number of fused-ring (bicyclic) bond motifs is 1. The minimum Gasteiger partial charge on any atom is -0.396 e. The van der Waals surface area contributed by atoms with Crippen LogP contribution in [0, 0.1) is 0 Å². The first-order valence-corrected chi connectivity index (χ1v) is 8.14. The summed E-state index contributed by atoms with van der Waals surface area (Å²) in [5, 5.41) is 15.5. The van der Waals surface area contributed by atoms with Crippen molar-refractivity contribution < 1.29 is 14.3 Å². The van der Waals surface area contributed by atoms with E-state index in [2.05, 4.69) is 20.4 Å². The van der Waals surface area contributed by atoms with Crippen molar-refractivity contribution in [2.45, 2.75) is 38.5 Å². The molecule has 8 heteroatoms. The standard InChI is InChI=1S/C16H20FN5O2/c17-13(12-4-2-1-3-5-12)9-18-15(24)14-20-16-19-8-11(6-7-23)10-22(16)21-14/h8,10,23H,1-7,9H2,(H,18,24). The Labute approximate surface area is 138 Å². The van der Waals surface area contributed by atoms with E-state index in [0.717, 1.165) is 43.2 Å². The number of allylic oxidation sites excluding steroid dienone is 1. The van der Waals surface area contributed by atoms with Gasteiger partial charge in [0.2, 0.25) is 5.82 Å². The van der Waals surface area contributed by atoms with Crippen LogP contribution in [0.3, 0.4) is 0 Å². The van der Waals surface area contributed by atoms with E-state index in [1.54, 1.807) is 12.4 Å². The van der Waals surface area contributed by atoms with Gasteiger partial charge in [-0.25, -0.2) is 13.9 Å². The van der Waals surface area contributed by atoms with E-state index >= 15 is 0 Å². The maximum absolute atomic E-state index is 14.1. The summed E-state index contributed by atoms with van der Waals surface area (Å²) in [5.41, 5.74) is 1.59. The molecule has 1 aliphatic carbocycles. The smallest absolute Gasteiger partial charge is 0.291 e. The molecule has 2 aromatic heterocycles. The highest BCUT2D eigenvalue weighted by Crippen LogP contribution is 2.25. The van der Waals surface area contributed by atoms with Crippen molar-refractivity contribution >= 4 is 11.7 Å². The fourth-order valence-electron chi connectivity index (χ4n) is 2.79. The van der Waals surface area contributed by atoms with Gasteiger partial charge in [-0.3, -0.25) is 4.79 Å². The predicted octanol–water partition coefficient (Wildman–Crippen LogP) is 1.58. The Morgan fingerprint density at radius 2 is 2.12 bits per heavy atom. The molecule has 0 unspecified atom stereocenters. The van der Waals surface area contributed by atoms with E-state index in [0.29, 0.717) is 6.42 Å². The Bertz CT molecular complexity index is 763. The average Bonchev–Trinajstić information content (AvgIpc) is 3.04. The van der Waals surface area contributed by atoms with Crippen LogP contribution in [0.2, 0.25) is 0 Å². The molecule has 1 fully saturated rings. The topological polar surface area (TPSA) is 92.4 Å². The van der Waals surface area contributed by atoms with Crippen molar-refractivity contribution in [2.24, 2.45) is 0 Å². The van der Waals surface area contributed by atoms with E-state index in [9.17, 15) is 9.18 Å². The monoisotopic (exact) mass is 333 g/mol. The molecule has 2 N–H and O–H groups in total. The van der Waals surface area contributed by atoms with Gasteiger partial charge >= 0.3 is 0 Å². The molecule has 2 aromatic rings. The molecule has 0 aliphatic heterocycles. The summed E-state index contributed by atoms with van der Waals surface area (Å²) in [6.45, 7) is -0.129. The normalized spacial score (nSPS) is 14.8. The van der Waals surface area contributed by atoms with Crippen LogP contribution in [0.4, 0.5) is 4.39 Å². The lowest BCUT2D eigenvalue weighted by molar-refractivity contribution is 0.0944. The molecule has 128 valence electrons. The summed E-state index contributed by atoms with van der Waals surface area (Å²) >= 11 is 0. The number of carbonyl (C=O) groups is 1. The summed E-state index contributed by atoms with van der Waals surface area (Å²) in [5.74, 6) is -0.552. The van der Waals surface area contributed by atoms with Gasteiger partial charge in [0, 0.05) is 19.0 Å². The number of rotatable bonds is 5. The first-order valence-electron chi connectivity index (χ1n) is 8.14. The molecule has 0 saturated heterocycles. The molecule has 1 aliphatic rings. The molecule has 0 radical (unpaired) electrons. The van der Waals surface area contributed by atoms with Crippen molar-refractivity contribution in [2.75, 3.05) is 13.2 Å². The van der Waals surface area contributed by atoms with Gasteiger partial charge < -0.3 is 10.4 Å². The summed E-state index contributed by atoms with van der Waals surface area (Å²) in [7, 11) is 0. The minimum absolute atomic E-state index is 0.00315. The zero-order valence-corrected chi connectivity index (χ0v) is 13.3. The Hall–Kier alpha value is -2.35. The summed E-state index contributed by atoms with van der Waals surface area (Å²) in [6, 6.07) is 0. The highest BCUT2D eigenvalue weighted by Gasteiger charge is 2.16. The fraction of sp³-hybridized carbons (Fsp3) is 0.500. The van der Waals surface area contributed by atoms with Gasteiger partial charge in [-0.2, -0.15) is 4.98 Å². The van der Waals surface area contributed by atoms with Crippen LogP contribution >= 0.6 is 0 Å². The molecule has 7 nitrogen and oxygen atoms in total. The van der Waals surface area contributed by atoms with Gasteiger partial charge in [-0.15, -0.1) is 5.10 Å². The molecule has 3 rings (SSSR count). The molecule has 1 amide bonds. The number of halogens is 1. The molecule has 2 heterocycles. The Balaban J connectivity index is 1.67. The predicted molar refractivity (Wildman–Crippen MR) is 85.1 cm³/mol. The summed E-state index contributed by atoms with van der Waals surface area (Å²) in [4.78, 5) is 20.2. The average molecular weight is 333 g/mol. The van der Waals surface area contributed by atoms with Gasteiger partial charge in [-0.1, -0.05) is 6.42 Å². The maximum atomic E-state index is 14.1. The molecule has 0 atom stereocenters. The Morgan fingerprint density at radius 3 is 2.88 bits per heavy atom. The van der Waals surface area contributed by atoms with Gasteiger partial charge in [0.15, 0.2) is 0 Å². The number of aromatic nitrogens is 4. The van der Waals surface area contributed by atoms with Gasteiger partial charge in [-0.05, 0) is 43.2 Å². The van der Waals surface area contributed by atoms with Crippen LogP contribution in [-0.2, 0) is 6.42 Å². The third-order valence-electron chi connectivity index (χ3n) is 4.10. The third kappa shape index (κ3) is 3.76. The lowest BCUT2D eigenvalue weighted by Crippen LogP contribution is -2.26. The lowest BCUT2D eigenvalue weighted by atomic mass is 9.94. The van der Waals surface area contributed by atoms with Gasteiger partial charge in [0.05, 0.1) is 6.54 Å². The molecule has 1 saturated carbocycles. The molecule has 24 heavy (non-hydrogen) atoms. The second-order valence-corrected chi connectivity index (χ2v) is 5.87. The second-order valence-electron chi connectivity index (χ2n) is 5.87. The first-order chi connectivity index (χ1) is 11.7. The molecule has 0 spiro atoms. The number of hydrogen-bond acceptors (Lipinski definition) is 5. The number of nitrogens with zero attached hydrogens (tertiary/aromatic N) is 4. The van der Waals surface area contributed by atoms with E-state index < -0.39 is 5.91 Å². The third-order valence-corrected chi connectivity index (χ3v) is 4.10. The highest BCUT2D eigenvalue weighted by atomic mass is 19.1. The Kier molecular flexibility index (Phi) is 5.14. The van der Waals surface area contributed by atoms with E-state index in [1.807, 2.05) is 0 Å². The highest BCUT2D eigenvalue weighted by molar-refractivity contribution is 5.90. The van der Waals surface area contributed by atoms with Crippen LogP contribution in [0.15, 0.2) is 23.8 Å². The largest absolute Gasteiger partial charge is 0.396 e.